The predicted molar refractivity (Wildman–Crippen MR) is 109 cm³/mol. The van der Waals surface area contributed by atoms with Crippen LogP contribution in [0.1, 0.15) is 19.7 Å². The molecule has 3 rings (SSSR count). The molecule has 0 aliphatic carbocycles. The maximum Gasteiger partial charge on any atom is 0.240 e. The first kappa shape index (κ1) is 20.7. The molecule has 1 atom stereocenters. The zero-order valence-corrected chi connectivity index (χ0v) is 17.0. The van der Waals surface area contributed by atoms with Crippen molar-refractivity contribution in [2.45, 2.75) is 37.6 Å². The van der Waals surface area contributed by atoms with E-state index in [-0.39, 0.29) is 23.1 Å². The molecule has 0 spiro atoms. The number of amides is 1. The zero-order valence-electron chi connectivity index (χ0n) is 15.4. The minimum absolute atomic E-state index is 0. The SMILES string of the molecule is CSC(C)(C)[C@H](N)C(=O)N1CCc2nc(-c3ccccc3)nn2CC1.Cl. The van der Waals surface area contributed by atoms with Crippen LogP contribution in [0.4, 0.5) is 0 Å². The lowest BCUT2D eigenvalue weighted by molar-refractivity contribution is -0.133. The molecule has 8 heteroatoms. The summed E-state index contributed by atoms with van der Waals surface area (Å²) in [4.78, 5) is 19.3. The first-order chi connectivity index (χ1) is 11.9. The third kappa shape index (κ3) is 4.22. The number of hydrogen-bond donors (Lipinski definition) is 1. The van der Waals surface area contributed by atoms with Gasteiger partial charge in [0.2, 0.25) is 5.91 Å². The van der Waals surface area contributed by atoms with Gasteiger partial charge in [-0.15, -0.1) is 12.4 Å². The van der Waals surface area contributed by atoms with Crippen molar-refractivity contribution in [2.75, 3.05) is 19.3 Å². The van der Waals surface area contributed by atoms with Crippen LogP contribution in [0.25, 0.3) is 11.4 Å². The van der Waals surface area contributed by atoms with Gasteiger partial charge in [0.15, 0.2) is 5.82 Å². The predicted octanol–water partition coefficient (Wildman–Crippen LogP) is 2.22. The van der Waals surface area contributed by atoms with E-state index in [1.54, 1.807) is 11.8 Å². The number of thioether (sulfide) groups is 1. The van der Waals surface area contributed by atoms with Crippen molar-refractivity contribution in [2.24, 2.45) is 5.73 Å². The molecule has 0 saturated carbocycles. The van der Waals surface area contributed by atoms with Crippen molar-refractivity contribution in [3.8, 4) is 11.4 Å². The van der Waals surface area contributed by atoms with E-state index in [1.807, 2.05) is 60.0 Å². The Balaban J connectivity index is 0.00000243. The van der Waals surface area contributed by atoms with E-state index >= 15 is 0 Å². The smallest absolute Gasteiger partial charge is 0.240 e. The van der Waals surface area contributed by atoms with Crippen LogP contribution in [0.15, 0.2) is 30.3 Å². The molecule has 2 aromatic rings. The van der Waals surface area contributed by atoms with Crippen molar-refractivity contribution < 1.29 is 4.79 Å². The van der Waals surface area contributed by atoms with Crippen molar-refractivity contribution >= 4 is 30.1 Å². The van der Waals surface area contributed by atoms with Crippen molar-refractivity contribution in [1.29, 1.82) is 0 Å². The lowest BCUT2D eigenvalue weighted by atomic mass is 10.0. The maximum absolute atomic E-state index is 12.8. The Labute approximate surface area is 164 Å². The van der Waals surface area contributed by atoms with Gasteiger partial charge in [0.1, 0.15) is 5.82 Å². The average Bonchev–Trinajstić information content (AvgIpc) is 2.94. The number of hydrogen-bond acceptors (Lipinski definition) is 5. The van der Waals surface area contributed by atoms with Gasteiger partial charge in [0, 0.05) is 29.8 Å². The summed E-state index contributed by atoms with van der Waals surface area (Å²) in [6.45, 7) is 5.91. The maximum atomic E-state index is 12.8. The summed E-state index contributed by atoms with van der Waals surface area (Å²) in [5.74, 6) is 1.68. The second-order valence-corrected chi connectivity index (χ2v) is 8.26. The molecule has 0 bridgehead atoms. The highest BCUT2D eigenvalue weighted by Gasteiger charge is 2.34. The Morgan fingerprint density at radius 2 is 1.92 bits per heavy atom. The minimum Gasteiger partial charge on any atom is -0.339 e. The average molecular weight is 396 g/mol. The van der Waals surface area contributed by atoms with Crippen LogP contribution >= 0.6 is 24.2 Å². The van der Waals surface area contributed by atoms with E-state index in [0.29, 0.717) is 26.1 Å². The van der Waals surface area contributed by atoms with Gasteiger partial charge in [0.25, 0.3) is 0 Å². The molecule has 6 nitrogen and oxygen atoms in total. The van der Waals surface area contributed by atoms with Gasteiger partial charge in [-0.3, -0.25) is 4.79 Å². The third-order valence-electron chi connectivity index (χ3n) is 4.82. The number of carbonyl (C=O) groups excluding carboxylic acids is 1. The fraction of sp³-hybridized carbons (Fsp3) is 0.500. The summed E-state index contributed by atoms with van der Waals surface area (Å²) in [5.41, 5.74) is 7.23. The van der Waals surface area contributed by atoms with E-state index in [4.69, 9.17) is 5.73 Å². The molecule has 0 fully saturated rings. The van der Waals surface area contributed by atoms with E-state index in [1.165, 1.54) is 0 Å². The monoisotopic (exact) mass is 395 g/mol. The summed E-state index contributed by atoms with van der Waals surface area (Å²) in [6.07, 6.45) is 2.68. The minimum atomic E-state index is -0.513. The third-order valence-corrected chi connectivity index (χ3v) is 6.13. The number of halogens is 1. The van der Waals surface area contributed by atoms with E-state index in [9.17, 15) is 4.79 Å². The molecule has 142 valence electrons. The molecule has 26 heavy (non-hydrogen) atoms. The van der Waals surface area contributed by atoms with Crippen LogP contribution in [0, 0.1) is 0 Å². The molecule has 2 heterocycles. The van der Waals surface area contributed by atoms with Crippen LogP contribution in [0.2, 0.25) is 0 Å². The lowest BCUT2D eigenvalue weighted by Crippen LogP contribution is -2.53. The Morgan fingerprint density at radius 1 is 1.23 bits per heavy atom. The topological polar surface area (TPSA) is 77.0 Å². The number of aromatic nitrogens is 3. The number of fused-ring (bicyclic) bond motifs is 1. The van der Waals surface area contributed by atoms with Crippen molar-refractivity contribution in [1.82, 2.24) is 19.7 Å². The second-order valence-electron chi connectivity index (χ2n) is 6.80. The quantitative estimate of drug-likeness (QED) is 0.858. The first-order valence-corrected chi connectivity index (χ1v) is 9.73. The standard InChI is InChI=1S/C18H25N5OS.ClH/c1-18(2,25-3)15(19)17(24)22-10-9-14-20-16(21-23(14)12-11-22)13-7-5-4-6-8-13;/h4-8,15H,9-12,19H2,1-3H3;1H/t15-;/m1./s1. The number of benzene rings is 1. The zero-order chi connectivity index (χ0) is 18.0. The molecule has 2 N–H and O–H groups in total. The molecule has 0 radical (unpaired) electrons. The molecular weight excluding hydrogens is 370 g/mol. The largest absolute Gasteiger partial charge is 0.339 e. The van der Waals surface area contributed by atoms with Gasteiger partial charge in [-0.1, -0.05) is 30.3 Å². The van der Waals surface area contributed by atoms with Gasteiger partial charge >= 0.3 is 0 Å². The Morgan fingerprint density at radius 3 is 2.58 bits per heavy atom. The van der Waals surface area contributed by atoms with Crippen LogP contribution < -0.4 is 5.73 Å². The fourth-order valence-corrected chi connectivity index (χ4v) is 3.21. The number of carbonyl (C=O) groups is 1. The van der Waals surface area contributed by atoms with Crippen molar-refractivity contribution in [3.05, 3.63) is 36.2 Å². The van der Waals surface area contributed by atoms with Gasteiger partial charge in [-0.2, -0.15) is 16.9 Å². The van der Waals surface area contributed by atoms with Gasteiger partial charge in [0.05, 0.1) is 12.6 Å². The van der Waals surface area contributed by atoms with Gasteiger partial charge in [-0.05, 0) is 20.1 Å². The van der Waals surface area contributed by atoms with Crippen molar-refractivity contribution in [3.63, 3.8) is 0 Å². The molecule has 1 aliphatic rings. The highest BCUT2D eigenvalue weighted by Crippen LogP contribution is 2.26. The fourth-order valence-electron chi connectivity index (χ4n) is 2.85. The summed E-state index contributed by atoms with van der Waals surface area (Å²) in [5, 5.41) is 4.62. The van der Waals surface area contributed by atoms with Crippen LogP contribution in [0.3, 0.4) is 0 Å². The lowest BCUT2D eigenvalue weighted by Gasteiger charge is -2.32. The summed E-state index contributed by atoms with van der Waals surface area (Å²) < 4.78 is 1.64. The first-order valence-electron chi connectivity index (χ1n) is 8.51. The van der Waals surface area contributed by atoms with Crippen LogP contribution in [-0.4, -0.2) is 55.7 Å². The highest BCUT2D eigenvalue weighted by atomic mass is 35.5. The molecule has 0 unspecified atom stereocenters. The van der Waals surface area contributed by atoms with Crippen LogP contribution in [-0.2, 0) is 17.8 Å². The molecule has 1 aromatic carbocycles. The Kier molecular flexibility index (Phi) is 6.71. The molecule has 1 aliphatic heterocycles. The van der Waals surface area contributed by atoms with E-state index < -0.39 is 6.04 Å². The Hall–Kier alpha value is -1.57. The van der Waals surface area contributed by atoms with Gasteiger partial charge in [-0.25, -0.2) is 9.67 Å². The van der Waals surface area contributed by atoms with Gasteiger partial charge < -0.3 is 10.6 Å². The molecular formula is C18H26ClN5OS. The molecule has 1 aromatic heterocycles. The number of nitrogens with zero attached hydrogens (tertiary/aromatic N) is 4. The van der Waals surface area contributed by atoms with E-state index in [2.05, 4.69) is 10.1 Å². The number of rotatable bonds is 4. The summed E-state index contributed by atoms with van der Waals surface area (Å²) in [6, 6.07) is 9.45. The van der Waals surface area contributed by atoms with E-state index in [0.717, 1.165) is 17.2 Å². The summed E-state index contributed by atoms with van der Waals surface area (Å²) >= 11 is 1.62. The normalized spacial score (nSPS) is 15.6. The second kappa shape index (κ2) is 8.41. The Bertz CT molecular complexity index is 724. The number of nitrogens with two attached hydrogens (primary N) is 1. The molecule has 1 amide bonds. The summed E-state index contributed by atoms with van der Waals surface area (Å²) in [7, 11) is 0. The molecule has 0 saturated heterocycles. The highest BCUT2D eigenvalue weighted by molar-refractivity contribution is 8.00. The van der Waals surface area contributed by atoms with Crippen LogP contribution in [0.5, 0.6) is 0 Å².